The molecular weight excluding hydrogens is 326 g/mol. The largest absolute Gasteiger partial charge is 0.350 e. The highest BCUT2D eigenvalue weighted by atomic mass is 79.9. The highest BCUT2D eigenvalue weighted by molar-refractivity contribution is 9.09. The number of benzene rings is 1. The molecule has 2 nitrogen and oxygen atoms in total. The first-order chi connectivity index (χ1) is 10.1. The predicted octanol–water partition coefficient (Wildman–Crippen LogP) is 4.47. The summed E-state index contributed by atoms with van der Waals surface area (Å²) in [4.78, 5) is 12.2. The Bertz CT molecular complexity index is 438. The lowest BCUT2D eigenvalue weighted by molar-refractivity contribution is -0.123. The number of carbonyl (C=O) groups is 1. The van der Waals surface area contributed by atoms with Crippen LogP contribution in [0.2, 0.25) is 0 Å². The van der Waals surface area contributed by atoms with Gasteiger partial charge in [0.05, 0.1) is 0 Å². The lowest BCUT2D eigenvalue weighted by Gasteiger charge is -2.39. The van der Waals surface area contributed by atoms with E-state index in [1.165, 1.54) is 18.4 Å². The van der Waals surface area contributed by atoms with Gasteiger partial charge in [0.2, 0.25) is 5.91 Å². The lowest BCUT2D eigenvalue weighted by Crippen LogP contribution is -2.52. The van der Waals surface area contributed by atoms with Crippen molar-refractivity contribution >= 4 is 21.8 Å². The van der Waals surface area contributed by atoms with Gasteiger partial charge in [0.15, 0.2) is 0 Å². The van der Waals surface area contributed by atoms with Crippen LogP contribution in [0.4, 0.5) is 0 Å². The van der Waals surface area contributed by atoms with E-state index in [2.05, 4.69) is 52.4 Å². The summed E-state index contributed by atoms with van der Waals surface area (Å²) >= 11 is 3.61. The molecule has 1 aliphatic rings. The molecule has 0 spiro atoms. The molecule has 1 aliphatic carbocycles. The van der Waals surface area contributed by atoms with Gasteiger partial charge < -0.3 is 5.32 Å². The predicted molar refractivity (Wildman–Crippen MR) is 91.7 cm³/mol. The minimum Gasteiger partial charge on any atom is -0.350 e. The van der Waals surface area contributed by atoms with Crippen molar-refractivity contribution in [2.24, 2.45) is 5.92 Å². The van der Waals surface area contributed by atoms with Gasteiger partial charge in [-0.05, 0) is 50.0 Å². The highest BCUT2D eigenvalue weighted by Gasteiger charge is 2.34. The van der Waals surface area contributed by atoms with Crippen LogP contribution in [0.25, 0.3) is 0 Å². The molecule has 2 rings (SSSR count). The number of nitrogens with one attached hydrogen (secondary N) is 1. The van der Waals surface area contributed by atoms with Crippen LogP contribution < -0.4 is 5.32 Å². The van der Waals surface area contributed by atoms with Gasteiger partial charge >= 0.3 is 0 Å². The second-order valence-electron chi connectivity index (χ2n) is 6.48. The summed E-state index contributed by atoms with van der Waals surface area (Å²) in [5, 5.41) is 4.18. The maximum Gasteiger partial charge on any atom is 0.220 e. The third-order valence-corrected chi connectivity index (χ3v) is 5.68. The molecule has 0 aliphatic heterocycles. The first-order valence-electron chi connectivity index (χ1n) is 8.04. The van der Waals surface area contributed by atoms with Gasteiger partial charge in [-0.3, -0.25) is 4.79 Å². The van der Waals surface area contributed by atoms with E-state index in [0.29, 0.717) is 6.42 Å². The van der Waals surface area contributed by atoms with Gasteiger partial charge in [-0.15, -0.1) is 0 Å². The van der Waals surface area contributed by atoms with E-state index in [0.717, 1.165) is 36.9 Å². The zero-order valence-corrected chi connectivity index (χ0v) is 14.5. The average Bonchev–Trinajstić information content (AvgIpc) is 2.51. The number of rotatable bonds is 6. The maximum atomic E-state index is 12.2. The molecule has 1 aromatic carbocycles. The summed E-state index contributed by atoms with van der Waals surface area (Å²) in [7, 11) is 0. The quantitative estimate of drug-likeness (QED) is 0.752. The van der Waals surface area contributed by atoms with Crippen molar-refractivity contribution < 1.29 is 4.79 Å². The van der Waals surface area contributed by atoms with E-state index >= 15 is 0 Å². The minimum absolute atomic E-state index is 0.00363. The Morgan fingerprint density at radius 2 is 1.95 bits per heavy atom. The number of hydrogen-bond donors (Lipinski definition) is 1. The maximum absolute atomic E-state index is 12.2. The van der Waals surface area contributed by atoms with Crippen LogP contribution in [0.5, 0.6) is 0 Å². The number of aryl methyl sites for hydroxylation is 1. The van der Waals surface area contributed by atoms with Crippen LogP contribution in [0.3, 0.4) is 0 Å². The molecule has 3 heteroatoms. The first kappa shape index (κ1) is 16.5. The number of alkyl halides is 1. The Morgan fingerprint density at radius 3 is 2.57 bits per heavy atom. The van der Waals surface area contributed by atoms with Gasteiger partial charge in [0.1, 0.15) is 0 Å². The van der Waals surface area contributed by atoms with Crippen molar-refractivity contribution in [3.8, 4) is 0 Å². The monoisotopic (exact) mass is 351 g/mol. The van der Waals surface area contributed by atoms with Crippen molar-refractivity contribution in [3.05, 3.63) is 35.9 Å². The summed E-state index contributed by atoms with van der Waals surface area (Å²) in [6.45, 7) is 2.31. The molecule has 0 atom stereocenters. The van der Waals surface area contributed by atoms with Gasteiger partial charge in [-0.1, -0.05) is 53.2 Å². The van der Waals surface area contributed by atoms with Crippen LogP contribution >= 0.6 is 15.9 Å². The summed E-state index contributed by atoms with van der Waals surface area (Å²) in [6.07, 6.45) is 7.16. The molecule has 0 saturated heterocycles. The third-order valence-electron chi connectivity index (χ3n) is 4.60. The molecule has 0 unspecified atom stereocenters. The standard InChI is InChI=1S/C18H26BrNO/c1-15-10-12-18(14-19,13-11-15)20-17(21)9-5-8-16-6-3-2-4-7-16/h2-4,6-7,15H,5,8-14H2,1H3,(H,20,21). The fourth-order valence-corrected chi connectivity index (χ4v) is 3.76. The molecular formula is C18H26BrNO. The van der Waals surface area contributed by atoms with E-state index < -0.39 is 0 Å². The van der Waals surface area contributed by atoms with Crippen LogP contribution in [-0.2, 0) is 11.2 Å². The normalized spacial score (nSPS) is 25.5. The van der Waals surface area contributed by atoms with E-state index in [1.54, 1.807) is 0 Å². The molecule has 1 fully saturated rings. The molecule has 21 heavy (non-hydrogen) atoms. The number of amides is 1. The fourth-order valence-electron chi connectivity index (χ4n) is 3.06. The van der Waals surface area contributed by atoms with E-state index in [9.17, 15) is 4.79 Å². The van der Waals surface area contributed by atoms with Crippen molar-refractivity contribution in [1.29, 1.82) is 0 Å². The Hall–Kier alpha value is -0.830. The Labute approximate surface area is 136 Å². The Balaban J connectivity index is 1.75. The van der Waals surface area contributed by atoms with Gasteiger partial charge in [0.25, 0.3) is 0 Å². The van der Waals surface area contributed by atoms with Crippen molar-refractivity contribution in [2.45, 2.75) is 57.4 Å². The Morgan fingerprint density at radius 1 is 1.29 bits per heavy atom. The molecule has 0 heterocycles. The van der Waals surface area contributed by atoms with Crippen LogP contribution in [0.15, 0.2) is 30.3 Å². The number of hydrogen-bond acceptors (Lipinski definition) is 1. The third kappa shape index (κ3) is 5.14. The minimum atomic E-state index is -0.00363. The van der Waals surface area contributed by atoms with E-state index in [4.69, 9.17) is 0 Å². The highest BCUT2D eigenvalue weighted by Crippen LogP contribution is 2.33. The molecule has 0 aromatic heterocycles. The first-order valence-corrected chi connectivity index (χ1v) is 9.17. The summed E-state index contributed by atoms with van der Waals surface area (Å²) in [5.41, 5.74) is 1.31. The number of halogens is 1. The lowest BCUT2D eigenvalue weighted by atomic mass is 9.78. The van der Waals surface area contributed by atoms with Gasteiger partial charge in [-0.25, -0.2) is 0 Å². The van der Waals surface area contributed by atoms with Crippen molar-refractivity contribution in [2.75, 3.05) is 5.33 Å². The number of carbonyl (C=O) groups excluding carboxylic acids is 1. The van der Waals surface area contributed by atoms with Crippen molar-refractivity contribution in [1.82, 2.24) is 5.32 Å². The van der Waals surface area contributed by atoms with Crippen LogP contribution in [-0.4, -0.2) is 16.8 Å². The van der Waals surface area contributed by atoms with Gasteiger partial charge in [0, 0.05) is 17.3 Å². The molecule has 1 amide bonds. The summed E-state index contributed by atoms with van der Waals surface area (Å²) in [6, 6.07) is 10.4. The van der Waals surface area contributed by atoms with E-state index in [-0.39, 0.29) is 11.4 Å². The average molecular weight is 352 g/mol. The second kappa shape index (κ2) is 7.98. The smallest absolute Gasteiger partial charge is 0.220 e. The fraction of sp³-hybridized carbons (Fsp3) is 0.611. The molecule has 1 saturated carbocycles. The Kier molecular flexibility index (Phi) is 6.28. The summed E-state index contributed by atoms with van der Waals surface area (Å²) in [5.74, 6) is 1.01. The van der Waals surface area contributed by atoms with Gasteiger partial charge in [-0.2, -0.15) is 0 Å². The molecule has 1 aromatic rings. The molecule has 116 valence electrons. The second-order valence-corrected chi connectivity index (χ2v) is 7.04. The van der Waals surface area contributed by atoms with Crippen LogP contribution in [0.1, 0.15) is 51.0 Å². The molecule has 1 N–H and O–H groups in total. The van der Waals surface area contributed by atoms with Crippen LogP contribution in [0, 0.1) is 5.92 Å². The summed E-state index contributed by atoms with van der Waals surface area (Å²) < 4.78 is 0. The SMILES string of the molecule is CC1CCC(CBr)(NC(=O)CCCc2ccccc2)CC1. The topological polar surface area (TPSA) is 29.1 Å². The molecule has 0 radical (unpaired) electrons. The molecule has 0 bridgehead atoms. The zero-order valence-electron chi connectivity index (χ0n) is 12.9. The van der Waals surface area contributed by atoms with Crippen molar-refractivity contribution in [3.63, 3.8) is 0 Å². The zero-order chi connectivity index (χ0) is 15.1. The van der Waals surface area contributed by atoms with E-state index in [1.807, 2.05) is 6.07 Å².